The lowest BCUT2D eigenvalue weighted by Gasteiger charge is -2.26. The number of carbonyl (C=O) groups is 5. The molecule has 0 aromatic heterocycles. The molecule has 0 aliphatic rings. The zero-order valence-electron chi connectivity index (χ0n) is 31.1. The molecule has 4 amide bonds. The molecule has 3 aromatic rings. The van der Waals surface area contributed by atoms with E-state index in [1.807, 2.05) is 60.7 Å². The van der Waals surface area contributed by atoms with E-state index in [-0.39, 0.29) is 39.1 Å². The molecule has 0 bridgehead atoms. The van der Waals surface area contributed by atoms with Crippen LogP contribution in [-0.4, -0.2) is 79.6 Å². The fourth-order valence-electron chi connectivity index (χ4n) is 5.14. The van der Waals surface area contributed by atoms with Crippen LogP contribution in [0.4, 0.5) is 0 Å². The van der Waals surface area contributed by atoms with Gasteiger partial charge in [0.15, 0.2) is 0 Å². The summed E-state index contributed by atoms with van der Waals surface area (Å²) >= 11 is 0. The van der Waals surface area contributed by atoms with E-state index in [9.17, 15) is 24.0 Å². The van der Waals surface area contributed by atoms with Gasteiger partial charge in [-0.2, -0.15) is 0 Å². The zero-order valence-corrected chi connectivity index (χ0v) is 31.1. The predicted octanol–water partition coefficient (Wildman–Crippen LogP) is 3.70. The van der Waals surface area contributed by atoms with E-state index in [2.05, 4.69) is 31.3 Å². The van der Waals surface area contributed by atoms with Crippen LogP contribution in [0.2, 0.25) is 0 Å². The monoisotopic (exact) mass is 743 g/mol. The molecule has 0 aliphatic heterocycles. The average Bonchev–Trinajstić information content (AvgIpc) is 3.13. The second-order valence-corrected chi connectivity index (χ2v) is 13.3. The first-order chi connectivity index (χ1) is 25.8. The largest absolute Gasteiger partial charge is 0.489 e. The van der Waals surface area contributed by atoms with Crippen LogP contribution in [0.15, 0.2) is 90.0 Å². The number of benzene rings is 3. The van der Waals surface area contributed by atoms with Gasteiger partial charge in [-0.3, -0.25) is 24.0 Å². The highest BCUT2D eigenvalue weighted by molar-refractivity contribution is 5.95. The van der Waals surface area contributed by atoms with E-state index in [1.54, 1.807) is 45.0 Å². The Balaban J connectivity index is 1.83. The van der Waals surface area contributed by atoms with Gasteiger partial charge in [0.2, 0.25) is 23.6 Å². The van der Waals surface area contributed by atoms with Crippen molar-refractivity contribution in [3.05, 3.63) is 112 Å². The van der Waals surface area contributed by atoms with E-state index in [0.29, 0.717) is 17.9 Å². The van der Waals surface area contributed by atoms with Gasteiger partial charge in [-0.15, -0.1) is 0 Å². The standard InChI is InChI=1S/C39H49N7O8/c1-27(47)43-32(23-28-11-7-5-8-12-28)37(50)44-33(24-29-15-17-31(18-16-29)53-26-30-13-9-6-10-14-30)38(51)45-34(25-35(48)54-39(2,3)4)36(49)41-19-21-52-22-20-42-46-40/h5-18,32-34H,19-26H2,1-4H3,(H,41,49)(H,43,47)(H,44,50)(H,45,51)/t32-,33+,34+/m1/s1. The molecule has 4 N–H and O–H groups in total. The molecular formula is C39H49N7O8. The maximum absolute atomic E-state index is 14.0. The Morgan fingerprint density at radius 2 is 1.28 bits per heavy atom. The van der Waals surface area contributed by atoms with Gasteiger partial charge >= 0.3 is 5.97 Å². The summed E-state index contributed by atoms with van der Waals surface area (Å²) in [6, 6.07) is 22.1. The molecule has 3 atom stereocenters. The fraction of sp³-hybridized carbons (Fsp3) is 0.410. The van der Waals surface area contributed by atoms with Gasteiger partial charge < -0.3 is 35.5 Å². The molecule has 0 aliphatic carbocycles. The van der Waals surface area contributed by atoms with E-state index in [1.165, 1.54) is 6.92 Å². The molecule has 288 valence electrons. The second kappa shape index (κ2) is 22.2. The Labute approximate surface area is 315 Å². The Kier molecular flexibility index (Phi) is 17.5. The van der Waals surface area contributed by atoms with Gasteiger partial charge in [0.1, 0.15) is 36.1 Å². The molecular weight excluding hydrogens is 694 g/mol. The zero-order chi connectivity index (χ0) is 39.3. The smallest absolute Gasteiger partial charge is 0.308 e. The Hall–Kier alpha value is -5.92. The van der Waals surface area contributed by atoms with E-state index >= 15 is 0 Å². The summed E-state index contributed by atoms with van der Waals surface area (Å²) in [7, 11) is 0. The maximum atomic E-state index is 14.0. The van der Waals surface area contributed by atoms with Crippen LogP contribution in [-0.2, 0) is 52.9 Å². The molecule has 0 heterocycles. The van der Waals surface area contributed by atoms with E-state index < -0.39 is 59.7 Å². The van der Waals surface area contributed by atoms with Crippen molar-refractivity contribution in [1.82, 2.24) is 21.3 Å². The summed E-state index contributed by atoms with van der Waals surface area (Å²) in [5, 5.41) is 14.1. The van der Waals surface area contributed by atoms with Crippen molar-refractivity contribution in [2.45, 2.75) is 77.3 Å². The molecule has 15 heteroatoms. The first-order valence-corrected chi connectivity index (χ1v) is 17.6. The number of esters is 1. The van der Waals surface area contributed by atoms with Gasteiger partial charge in [0.25, 0.3) is 0 Å². The maximum Gasteiger partial charge on any atom is 0.308 e. The summed E-state index contributed by atoms with van der Waals surface area (Å²) in [4.78, 5) is 68.8. The molecule has 3 aromatic carbocycles. The fourth-order valence-corrected chi connectivity index (χ4v) is 5.14. The summed E-state index contributed by atoms with van der Waals surface area (Å²) < 4.78 is 16.7. The molecule has 0 spiro atoms. The lowest BCUT2D eigenvalue weighted by Crippen LogP contribution is -2.58. The number of rotatable bonds is 21. The topological polar surface area (TPSA) is 210 Å². The van der Waals surface area contributed by atoms with Crippen molar-refractivity contribution >= 4 is 29.6 Å². The lowest BCUT2D eigenvalue weighted by molar-refractivity contribution is -0.156. The number of ether oxygens (including phenoxy) is 3. The van der Waals surface area contributed by atoms with Crippen LogP contribution < -0.4 is 26.0 Å². The van der Waals surface area contributed by atoms with E-state index in [4.69, 9.17) is 19.7 Å². The van der Waals surface area contributed by atoms with Crippen molar-refractivity contribution < 1.29 is 38.2 Å². The highest BCUT2D eigenvalue weighted by atomic mass is 16.6. The molecule has 15 nitrogen and oxygen atoms in total. The third-order valence-corrected chi connectivity index (χ3v) is 7.59. The van der Waals surface area contributed by atoms with Gasteiger partial charge in [-0.1, -0.05) is 77.9 Å². The van der Waals surface area contributed by atoms with Crippen LogP contribution in [0.5, 0.6) is 5.75 Å². The van der Waals surface area contributed by atoms with Gasteiger partial charge in [-0.25, -0.2) is 0 Å². The van der Waals surface area contributed by atoms with Crippen molar-refractivity contribution in [2.24, 2.45) is 5.11 Å². The van der Waals surface area contributed by atoms with Crippen molar-refractivity contribution in [2.75, 3.05) is 26.3 Å². The molecule has 0 radical (unpaired) electrons. The van der Waals surface area contributed by atoms with Crippen LogP contribution in [0, 0.1) is 0 Å². The number of hydrogen-bond acceptors (Lipinski definition) is 9. The number of carbonyl (C=O) groups excluding carboxylic acids is 5. The quantitative estimate of drug-likeness (QED) is 0.0415. The number of nitrogens with one attached hydrogen (secondary N) is 4. The average molecular weight is 744 g/mol. The third-order valence-electron chi connectivity index (χ3n) is 7.59. The van der Waals surface area contributed by atoms with Crippen LogP contribution in [0.3, 0.4) is 0 Å². The van der Waals surface area contributed by atoms with Crippen molar-refractivity contribution in [3.63, 3.8) is 0 Å². The molecule has 0 unspecified atom stereocenters. The van der Waals surface area contributed by atoms with Gasteiger partial charge in [0, 0.05) is 37.8 Å². The molecule has 0 fully saturated rings. The van der Waals surface area contributed by atoms with Crippen molar-refractivity contribution in [1.29, 1.82) is 0 Å². The molecule has 0 saturated carbocycles. The first-order valence-electron chi connectivity index (χ1n) is 17.6. The van der Waals surface area contributed by atoms with Crippen LogP contribution in [0.25, 0.3) is 10.4 Å². The molecule has 0 saturated heterocycles. The van der Waals surface area contributed by atoms with Crippen LogP contribution in [0.1, 0.15) is 50.8 Å². The number of azide groups is 1. The summed E-state index contributed by atoms with van der Waals surface area (Å²) in [6.45, 7) is 7.06. The summed E-state index contributed by atoms with van der Waals surface area (Å²) in [6.07, 6.45) is -0.347. The first kappa shape index (κ1) is 42.5. The Morgan fingerprint density at radius 1 is 0.722 bits per heavy atom. The van der Waals surface area contributed by atoms with E-state index in [0.717, 1.165) is 11.1 Å². The molecule has 3 rings (SSSR count). The Morgan fingerprint density at radius 3 is 1.85 bits per heavy atom. The minimum atomic E-state index is -1.38. The third kappa shape index (κ3) is 16.6. The summed E-state index contributed by atoms with van der Waals surface area (Å²) in [5.41, 5.74) is 9.99. The highest BCUT2D eigenvalue weighted by Crippen LogP contribution is 2.16. The minimum absolute atomic E-state index is 0.00549. The normalized spacial score (nSPS) is 12.5. The SMILES string of the molecule is CC(=O)N[C@H](Cc1ccccc1)C(=O)N[C@@H](Cc1ccc(OCc2ccccc2)cc1)C(=O)N[C@@H](CC(=O)OC(C)(C)C)C(=O)NCCOCCN=[N+]=[N-]. The number of nitrogens with zero attached hydrogens (tertiary/aromatic N) is 3. The number of amides is 4. The molecule has 54 heavy (non-hydrogen) atoms. The lowest BCUT2D eigenvalue weighted by atomic mass is 10.0. The van der Waals surface area contributed by atoms with Gasteiger partial charge in [-0.05, 0) is 55.1 Å². The predicted molar refractivity (Wildman–Crippen MR) is 201 cm³/mol. The van der Waals surface area contributed by atoms with Gasteiger partial charge in [0.05, 0.1) is 19.6 Å². The van der Waals surface area contributed by atoms with Crippen LogP contribution >= 0.6 is 0 Å². The minimum Gasteiger partial charge on any atom is -0.489 e. The highest BCUT2D eigenvalue weighted by Gasteiger charge is 2.32. The number of hydrogen-bond donors (Lipinski definition) is 4. The summed E-state index contributed by atoms with van der Waals surface area (Å²) in [5.74, 6) is -2.62. The van der Waals surface area contributed by atoms with Crippen molar-refractivity contribution in [3.8, 4) is 5.75 Å². The Bertz CT molecular complexity index is 1710. The second-order valence-electron chi connectivity index (χ2n) is 13.3.